The van der Waals surface area contributed by atoms with Crippen LogP contribution in [0.5, 0.6) is 17.2 Å². The van der Waals surface area contributed by atoms with Gasteiger partial charge in [0.15, 0.2) is 0 Å². The Balaban J connectivity index is 1.36. The van der Waals surface area contributed by atoms with E-state index in [0.29, 0.717) is 0 Å². The molecule has 1 heterocycles. The van der Waals surface area contributed by atoms with E-state index in [1.54, 1.807) is 7.11 Å². The summed E-state index contributed by atoms with van der Waals surface area (Å²) >= 11 is 0. The smallest absolute Gasteiger partial charge is 0.143 e. The van der Waals surface area contributed by atoms with E-state index in [1.165, 1.54) is 32.4 Å². The van der Waals surface area contributed by atoms with Gasteiger partial charge in [0.25, 0.3) is 0 Å². The number of hydrogen-bond acceptors (Lipinski definition) is 4. The summed E-state index contributed by atoms with van der Waals surface area (Å²) in [5.41, 5.74) is 3.23. The van der Waals surface area contributed by atoms with E-state index in [-0.39, 0.29) is 0 Å². The van der Waals surface area contributed by atoms with Crippen molar-refractivity contribution in [2.45, 2.75) is 19.3 Å². The largest absolute Gasteiger partial charge is 0.497 e. The summed E-state index contributed by atoms with van der Waals surface area (Å²) in [5, 5.41) is 5.79. The lowest BCUT2D eigenvalue weighted by molar-refractivity contribution is 0.237. The van der Waals surface area contributed by atoms with Crippen molar-refractivity contribution in [3.63, 3.8) is 0 Å². The Bertz CT molecular complexity index is 1230. The number of benzene rings is 4. The molecule has 0 unspecified atom stereocenters. The molecule has 1 saturated heterocycles. The maximum absolute atomic E-state index is 6.53. The van der Waals surface area contributed by atoms with Crippen LogP contribution < -0.4 is 14.8 Å². The Morgan fingerprint density at radius 2 is 1.62 bits per heavy atom. The van der Waals surface area contributed by atoms with Gasteiger partial charge in [-0.1, -0.05) is 48.9 Å². The molecule has 5 rings (SSSR count). The molecule has 0 bridgehead atoms. The second-order valence-corrected chi connectivity index (χ2v) is 8.85. The Morgan fingerprint density at radius 3 is 2.44 bits per heavy atom. The Hall–Kier alpha value is -3.50. The van der Waals surface area contributed by atoms with Gasteiger partial charge in [0.2, 0.25) is 0 Å². The molecule has 0 radical (unpaired) electrons. The minimum Gasteiger partial charge on any atom is -0.497 e. The van der Waals surface area contributed by atoms with Crippen molar-refractivity contribution >= 4 is 16.5 Å². The lowest BCUT2D eigenvalue weighted by Crippen LogP contribution is -2.33. The van der Waals surface area contributed by atoms with Crippen LogP contribution in [0.1, 0.15) is 19.3 Å². The van der Waals surface area contributed by atoms with Crippen LogP contribution in [0.15, 0.2) is 84.9 Å². The first-order chi connectivity index (χ1) is 16.8. The highest BCUT2D eigenvalue weighted by Gasteiger charge is 2.13. The second-order valence-electron chi connectivity index (χ2n) is 8.85. The zero-order valence-electron chi connectivity index (χ0n) is 19.8. The van der Waals surface area contributed by atoms with Gasteiger partial charge in [-0.05, 0) is 79.3 Å². The fraction of sp³-hybridized carbons (Fsp3) is 0.267. The Morgan fingerprint density at radius 1 is 0.794 bits per heavy atom. The average Bonchev–Trinajstić information content (AvgIpc) is 2.90. The quantitative estimate of drug-likeness (QED) is 0.306. The third-order valence-corrected chi connectivity index (χ3v) is 6.54. The molecule has 0 saturated carbocycles. The van der Waals surface area contributed by atoms with Gasteiger partial charge < -0.3 is 19.7 Å². The summed E-state index contributed by atoms with van der Waals surface area (Å²) in [6, 6.07) is 29.0. The highest BCUT2D eigenvalue weighted by Crippen LogP contribution is 2.40. The number of nitrogens with one attached hydrogen (secondary N) is 1. The molecule has 4 nitrogen and oxygen atoms in total. The van der Waals surface area contributed by atoms with Crippen LogP contribution in [-0.4, -0.2) is 38.2 Å². The van der Waals surface area contributed by atoms with Crippen LogP contribution in [0.25, 0.3) is 21.9 Å². The molecule has 1 fully saturated rings. The number of piperidine rings is 1. The van der Waals surface area contributed by atoms with Gasteiger partial charge in [-0.3, -0.25) is 0 Å². The average molecular weight is 453 g/mol. The van der Waals surface area contributed by atoms with Crippen molar-refractivity contribution in [3.8, 4) is 28.4 Å². The molecule has 0 aromatic heterocycles. The van der Waals surface area contributed by atoms with E-state index < -0.39 is 0 Å². The predicted octanol–water partition coefficient (Wildman–Crippen LogP) is 7.21. The fourth-order valence-electron chi connectivity index (χ4n) is 4.67. The zero-order valence-corrected chi connectivity index (χ0v) is 19.8. The van der Waals surface area contributed by atoms with Gasteiger partial charge in [-0.2, -0.15) is 0 Å². The van der Waals surface area contributed by atoms with Crippen molar-refractivity contribution in [1.82, 2.24) is 4.90 Å². The van der Waals surface area contributed by atoms with Gasteiger partial charge in [0.1, 0.15) is 17.2 Å². The number of nitrogens with zero attached hydrogens (tertiary/aromatic N) is 1. The second kappa shape index (κ2) is 10.6. The number of anilines is 1. The molecular weight excluding hydrogens is 420 g/mol. The third kappa shape index (κ3) is 5.18. The minimum absolute atomic E-state index is 0.821. The SMILES string of the molecule is COc1cccc(-c2ccc3ccccc3c2Oc2ccc(NCCN3CCCCC3)cc2)c1. The number of methoxy groups -OCH3 is 1. The van der Waals surface area contributed by atoms with Crippen LogP contribution in [0.4, 0.5) is 5.69 Å². The van der Waals surface area contributed by atoms with E-state index in [9.17, 15) is 0 Å². The summed E-state index contributed by atoms with van der Waals surface area (Å²) in [6.45, 7) is 4.52. The highest BCUT2D eigenvalue weighted by molar-refractivity contribution is 5.95. The van der Waals surface area contributed by atoms with Crippen molar-refractivity contribution < 1.29 is 9.47 Å². The first-order valence-corrected chi connectivity index (χ1v) is 12.2. The lowest BCUT2D eigenvalue weighted by atomic mass is 9.99. The molecule has 0 spiro atoms. The summed E-state index contributed by atoms with van der Waals surface area (Å²) in [5.74, 6) is 2.51. The lowest BCUT2D eigenvalue weighted by Gasteiger charge is -2.26. The summed E-state index contributed by atoms with van der Waals surface area (Å²) in [4.78, 5) is 2.55. The standard InChI is InChI=1S/C30H32N2O2/c1-33-27-10-7-9-24(22-27)29-17-12-23-8-3-4-11-28(23)30(29)34-26-15-13-25(14-16-26)31-18-21-32-19-5-2-6-20-32/h3-4,7-17,22,31H,2,5-6,18-21H2,1H3. The Labute approximate surface area is 202 Å². The maximum Gasteiger partial charge on any atom is 0.143 e. The van der Waals surface area contributed by atoms with Gasteiger partial charge in [-0.25, -0.2) is 0 Å². The number of hydrogen-bond donors (Lipinski definition) is 1. The number of rotatable bonds is 8. The van der Waals surface area contributed by atoms with Crippen LogP contribution in [0, 0.1) is 0 Å². The Kier molecular flexibility index (Phi) is 6.97. The van der Waals surface area contributed by atoms with Crippen LogP contribution >= 0.6 is 0 Å². The van der Waals surface area contributed by atoms with Crippen LogP contribution in [0.3, 0.4) is 0 Å². The normalized spacial score (nSPS) is 14.1. The van der Waals surface area contributed by atoms with Crippen molar-refractivity contribution in [3.05, 3.63) is 84.9 Å². The summed E-state index contributed by atoms with van der Waals surface area (Å²) in [7, 11) is 1.69. The third-order valence-electron chi connectivity index (χ3n) is 6.54. The fourth-order valence-corrected chi connectivity index (χ4v) is 4.67. The number of ether oxygens (including phenoxy) is 2. The number of fused-ring (bicyclic) bond motifs is 1. The maximum atomic E-state index is 6.53. The molecule has 4 heteroatoms. The topological polar surface area (TPSA) is 33.7 Å². The molecule has 0 amide bonds. The molecule has 174 valence electrons. The van der Waals surface area contributed by atoms with E-state index >= 15 is 0 Å². The molecule has 1 aliphatic heterocycles. The first-order valence-electron chi connectivity index (χ1n) is 12.2. The molecule has 0 aliphatic carbocycles. The molecule has 4 aromatic carbocycles. The monoisotopic (exact) mass is 452 g/mol. The van der Waals surface area contributed by atoms with Gasteiger partial charge in [0, 0.05) is 29.7 Å². The van der Waals surface area contributed by atoms with E-state index in [0.717, 1.165) is 57.9 Å². The van der Waals surface area contributed by atoms with E-state index in [2.05, 4.69) is 64.8 Å². The highest BCUT2D eigenvalue weighted by atomic mass is 16.5. The molecule has 0 atom stereocenters. The predicted molar refractivity (Wildman–Crippen MR) is 141 cm³/mol. The minimum atomic E-state index is 0.821. The van der Waals surface area contributed by atoms with Gasteiger partial charge >= 0.3 is 0 Å². The van der Waals surface area contributed by atoms with E-state index in [4.69, 9.17) is 9.47 Å². The van der Waals surface area contributed by atoms with Gasteiger partial charge in [-0.15, -0.1) is 0 Å². The van der Waals surface area contributed by atoms with Gasteiger partial charge in [0.05, 0.1) is 7.11 Å². The summed E-state index contributed by atoms with van der Waals surface area (Å²) in [6.07, 6.45) is 4.04. The molecule has 4 aromatic rings. The number of likely N-dealkylation sites (tertiary alicyclic amines) is 1. The van der Waals surface area contributed by atoms with Crippen LogP contribution in [0.2, 0.25) is 0 Å². The van der Waals surface area contributed by atoms with Crippen LogP contribution in [-0.2, 0) is 0 Å². The van der Waals surface area contributed by atoms with Crippen molar-refractivity contribution in [2.24, 2.45) is 0 Å². The molecular formula is C30H32N2O2. The van der Waals surface area contributed by atoms with Crippen molar-refractivity contribution in [2.75, 3.05) is 38.6 Å². The van der Waals surface area contributed by atoms with E-state index in [1.807, 2.05) is 30.3 Å². The summed E-state index contributed by atoms with van der Waals surface area (Å²) < 4.78 is 12.0. The molecule has 1 N–H and O–H groups in total. The first kappa shape index (κ1) is 22.3. The molecule has 1 aliphatic rings. The molecule has 34 heavy (non-hydrogen) atoms. The van der Waals surface area contributed by atoms with Crippen molar-refractivity contribution in [1.29, 1.82) is 0 Å². The zero-order chi connectivity index (χ0) is 23.2.